The molecule has 0 aliphatic carbocycles. The van der Waals surface area contributed by atoms with Crippen molar-refractivity contribution < 1.29 is 9.53 Å². The molecule has 0 saturated heterocycles. The summed E-state index contributed by atoms with van der Waals surface area (Å²) < 4.78 is 6.86. The molecule has 1 atom stereocenters. The molecule has 112 valence electrons. The average Bonchev–Trinajstić information content (AvgIpc) is 2.89. The fourth-order valence-corrected chi connectivity index (χ4v) is 2.01. The molecule has 5 nitrogen and oxygen atoms in total. The Bertz CT molecular complexity index is 617. The summed E-state index contributed by atoms with van der Waals surface area (Å²) in [6.45, 7) is 4.01. The van der Waals surface area contributed by atoms with Gasteiger partial charge in [-0.05, 0) is 43.7 Å². The molecule has 21 heavy (non-hydrogen) atoms. The van der Waals surface area contributed by atoms with Crippen LogP contribution < -0.4 is 10.1 Å². The van der Waals surface area contributed by atoms with Gasteiger partial charge in [0.25, 0.3) is 5.91 Å². The van der Waals surface area contributed by atoms with Crippen LogP contribution in [-0.2, 0) is 7.05 Å². The van der Waals surface area contributed by atoms with E-state index in [-0.39, 0.29) is 11.9 Å². The molecule has 0 bridgehead atoms. The third kappa shape index (κ3) is 3.42. The van der Waals surface area contributed by atoms with Gasteiger partial charge in [0.05, 0.1) is 12.8 Å². The first-order valence-corrected chi connectivity index (χ1v) is 7.04. The van der Waals surface area contributed by atoms with Crippen molar-refractivity contribution in [3.8, 4) is 17.0 Å². The highest BCUT2D eigenvalue weighted by Gasteiger charge is 2.15. The number of carbonyl (C=O) groups is 1. The second-order valence-corrected chi connectivity index (χ2v) is 5.05. The fraction of sp³-hybridized carbons (Fsp3) is 0.375. The first kappa shape index (κ1) is 15.1. The summed E-state index contributed by atoms with van der Waals surface area (Å²) in [7, 11) is 3.47. The van der Waals surface area contributed by atoms with Crippen LogP contribution in [0.4, 0.5) is 0 Å². The molecule has 2 rings (SSSR count). The van der Waals surface area contributed by atoms with E-state index in [0.29, 0.717) is 5.69 Å². The third-order valence-corrected chi connectivity index (χ3v) is 3.49. The number of hydrogen-bond acceptors (Lipinski definition) is 3. The van der Waals surface area contributed by atoms with Crippen molar-refractivity contribution in [3.63, 3.8) is 0 Å². The molecule has 0 saturated carbocycles. The summed E-state index contributed by atoms with van der Waals surface area (Å²) in [5.74, 6) is 0.662. The Morgan fingerprint density at radius 1 is 1.38 bits per heavy atom. The molecule has 1 amide bonds. The molecule has 1 aromatic carbocycles. The molecule has 0 fully saturated rings. The molecule has 1 N–H and O–H groups in total. The quantitative estimate of drug-likeness (QED) is 0.919. The number of aromatic nitrogens is 2. The molecule has 1 unspecified atom stereocenters. The standard InChI is InChI=1S/C16H21N3O2/c1-5-11(2)17-16(20)14-10-15(19(3)18-14)12-6-8-13(21-4)9-7-12/h6-11H,5H2,1-4H3,(H,17,20). The van der Waals surface area contributed by atoms with Gasteiger partial charge in [0.1, 0.15) is 5.75 Å². The van der Waals surface area contributed by atoms with Gasteiger partial charge in [0.2, 0.25) is 0 Å². The number of amides is 1. The maximum Gasteiger partial charge on any atom is 0.272 e. The van der Waals surface area contributed by atoms with Gasteiger partial charge >= 0.3 is 0 Å². The number of nitrogens with zero attached hydrogens (tertiary/aromatic N) is 2. The van der Waals surface area contributed by atoms with E-state index in [1.54, 1.807) is 17.9 Å². The number of aryl methyl sites for hydroxylation is 1. The zero-order chi connectivity index (χ0) is 15.4. The molecule has 1 aromatic heterocycles. The van der Waals surface area contributed by atoms with Crippen LogP contribution in [0.3, 0.4) is 0 Å². The molecular formula is C16H21N3O2. The highest BCUT2D eigenvalue weighted by atomic mass is 16.5. The molecular weight excluding hydrogens is 266 g/mol. The van der Waals surface area contributed by atoms with Crippen LogP contribution in [0.15, 0.2) is 30.3 Å². The van der Waals surface area contributed by atoms with Crippen molar-refractivity contribution >= 4 is 5.91 Å². The van der Waals surface area contributed by atoms with E-state index in [1.165, 1.54) is 0 Å². The zero-order valence-electron chi connectivity index (χ0n) is 12.9. The van der Waals surface area contributed by atoms with Crippen molar-refractivity contribution in [1.29, 1.82) is 0 Å². The Labute approximate surface area is 124 Å². The van der Waals surface area contributed by atoms with Crippen LogP contribution in [-0.4, -0.2) is 28.8 Å². The lowest BCUT2D eigenvalue weighted by Crippen LogP contribution is -2.32. The highest BCUT2D eigenvalue weighted by Crippen LogP contribution is 2.22. The Hall–Kier alpha value is -2.30. The van der Waals surface area contributed by atoms with Gasteiger partial charge in [-0.1, -0.05) is 6.92 Å². The number of rotatable bonds is 5. The number of benzene rings is 1. The molecule has 1 heterocycles. The van der Waals surface area contributed by atoms with E-state index in [2.05, 4.69) is 10.4 Å². The molecule has 0 radical (unpaired) electrons. The van der Waals surface area contributed by atoms with Gasteiger partial charge < -0.3 is 10.1 Å². The van der Waals surface area contributed by atoms with Gasteiger partial charge in [-0.2, -0.15) is 5.10 Å². The Morgan fingerprint density at radius 2 is 2.05 bits per heavy atom. The maximum atomic E-state index is 12.1. The van der Waals surface area contributed by atoms with Crippen LogP contribution in [0.2, 0.25) is 0 Å². The first-order valence-electron chi connectivity index (χ1n) is 7.04. The number of nitrogens with one attached hydrogen (secondary N) is 1. The van der Waals surface area contributed by atoms with Gasteiger partial charge in [-0.25, -0.2) is 0 Å². The summed E-state index contributed by atoms with van der Waals surface area (Å²) in [6.07, 6.45) is 0.893. The van der Waals surface area contributed by atoms with E-state index in [0.717, 1.165) is 23.4 Å². The fourth-order valence-electron chi connectivity index (χ4n) is 2.01. The van der Waals surface area contributed by atoms with Crippen LogP contribution >= 0.6 is 0 Å². The zero-order valence-corrected chi connectivity index (χ0v) is 12.9. The smallest absolute Gasteiger partial charge is 0.272 e. The summed E-state index contributed by atoms with van der Waals surface area (Å²) >= 11 is 0. The van der Waals surface area contributed by atoms with Gasteiger partial charge in [-0.3, -0.25) is 9.48 Å². The summed E-state index contributed by atoms with van der Waals surface area (Å²) in [6, 6.07) is 9.63. The highest BCUT2D eigenvalue weighted by molar-refractivity contribution is 5.93. The summed E-state index contributed by atoms with van der Waals surface area (Å²) in [5.41, 5.74) is 2.32. The van der Waals surface area contributed by atoms with Crippen molar-refractivity contribution in [2.75, 3.05) is 7.11 Å². The maximum absolute atomic E-state index is 12.1. The average molecular weight is 287 g/mol. The second kappa shape index (κ2) is 6.43. The minimum absolute atomic E-state index is 0.139. The van der Waals surface area contributed by atoms with E-state index in [9.17, 15) is 4.79 Å². The van der Waals surface area contributed by atoms with Crippen LogP contribution in [0.5, 0.6) is 5.75 Å². The third-order valence-electron chi connectivity index (χ3n) is 3.49. The predicted molar refractivity (Wildman–Crippen MR) is 82.4 cm³/mol. The summed E-state index contributed by atoms with van der Waals surface area (Å²) in [4.78, 5) is 12.1. The van der Waals surface area contributed by atoms with Crippen LogP contribution in [0.25, 0.3) is 11.3 Å². The molecule has 0 aliphatic rings. The monoisotopic (exact) mass is 287 g/mol. The SMILES string of the molecule is CCC(C)NC(=O)c1cc(-c2ccc(OC)cc2)n(C)n1. The summed E-state index contributed by atoms with van der Waals surface area (Å²) in [5, 5.41) is 7.21. The van der Waals surface area contributed by atoms with Gasteiger partial charge in [0, 0.05) is 18.7 Å². The Balaban J connectivity index is 2.24. The van der Waals surface area contributed by atoms with Crippen molar-refractivity contribution in [1.82, 2.24) is 15.1 Å². The lowest BCUT2D eigenvalue weighted by Gasteiger charge is -2.09. The Morgan fingerprint density at radius 3 is 2.62 bits per heavy atom. The van der Waals surface area contributed by atoms with Crippen LogP contribution in [0, 0.1) is 0 Å². The van der Waals surface area contributed by atoms with Crippen molar-refractivity contribution in [2.45, 2.75) is 26.3 Å². The minimum Gasteiger partial charge on any atom is -0.497 e. The lowest BCUT2D eigenvalue weighted by atomic mass is 10.1. The van der Waals surface area contributed by atoms with E-state index >= 15 is 0 Å². The van der Waals surface area contributed by atoms with E-state index < -0.39 is 0 Å². The van der Waals surface area contributed by atoms with Crippen molar-refractivity contribution in [2.24, 2.45) is 7.05 Å². The number of ether oxygens (including phenoxy) is 1. The second-order valence-electron chi connectivity index (χ2n) is 5.05. The van der Waals surface area contributed by atoms with Gasteiger partial charge in [0.15, 0.2) is 5.69 Å². The number of methoxy groups -OCH3 is 1. The molecule has 0 aliphatic heterocycles. The van der Waals surface area contributed by atoms with Crippen LogP contribution in [0.1, 0.15) is 30.8 Å². The normalized spacial score (nSPS) is 12.0. The number of carbonyl (C=O) groups excluding carboxylic acids is 1. The van der Waals surface area contributed by atoms with Crippen molar-refractivity contribution in [3.05, 3.63) is 36.0 Å². The molecule has 5 heteroatoms. The first-order chi connectivity index (χ1) is 10.0. The van der Waals surface area contributed by atoms with E-state index in [4.69, 9.17) is 4.74 Å². The van der Waals surface area contributed by atoms with E-state index in [1.807, 2.05) is 45.2 Å². The number of hydrogen-bond donors (Lipinski definition) is 1. The molecule has 0 spiro atoms. The Kier molecular flexibility index (Phi) is 4.62. The topological polar surface area (TPSA) is 56.1 Å². The largest absolute Gasteiger partial charge is 0.497 e. The van der Waals surface area contributed by atoms with Gasteiger partial charge in [-0.15, -0.1) is 0 Å². The molecule has 2 aromatic rings. The predicted octanol–water partition coefficient (Wildman–Crippen LogP) is 2.62. The minimum atomic E-state index is -0.139. The lowest BCUT2D eigenvalue weighted by molar-refractivity contribution is 0.0933.